The summed E-state index contributed by atoms with van der Waals surface area (Å²) in [6, 6.07) is 4.09. The molecule has 0 N–H and O–H groups in total. The molecule has 2 aliphatic carbocycles. The topological polar surface area (TPSA) is 55.8 Å². The highest BCUT2D eigenvalue weighted by molar-refractivity contribution is 6.06. The van der Waals surface area contributed by atoms with Crippen LogP contribution in [0.25, 0.3) is 0 Å². The summed E-state index contributed by atoms with van der Waals surface area (Å²) < 4.78 is 12.1. The highest BCUT2D eigenvalue weighted by atomic mass is 16.5. The fraction of sp³-hybridized carbons (Fsp3) is 0.548. The summed E-state index contributed by atoms with van der Waals surface area (Å²) in [5.41, 5.74) is 5.31. The van der Waals surface area contributed by atoms with E-state index in [1.54, 1.807) is 0 Å². The average Bonchev–Trinajstić information content (AvgIpc) is 2.76. The summed E-state index contributed by atoms with van der Waals surface area (Å²) in [6.07, 6.45) is 5.03. The summed E-state index contributed by atoms with van der Waals surface area (Å²) in [7, 11) is 2.04. The quantitative estimate of drug-likeness (QED) is 0.406. The second-order valence-electron chi connectivity index (χ2n) is 12.0. The number of Topliss-reactive ketones (excluding diaryl/α,β-unsaturated/α-hetero) is 2. The molecular formula is C31H41NO4. The van der Waals surface area contributed by atoms with E-state index >= 15 is 0 Å². The van der Waals surface area contributed by atoms with E-state index in [0.717, 1.165) is 46.5 Å². The largest absolute Gasteiger partial charge is 0.490 e. The number of allylic oxidation sites excluding steroid dienone is 5. The first-order chi connectivity index (χ1) is 16.9. The van der Waals surface area contributed by atoms with Crippen molar-refractivity contribution in [2.45, 2.75) is 79.6 Å². The van der Waals surface area contributed by atoms with Gasteiger partial charge in [0.1, 0.15) is 0 Å². The molecule has 36 heavy (non-hydrogen) atoms. The predicted molar refractivity (Wildman–Crippen MR) is 143 cm³/mol. The molecule has 1 aromatic carbocycles. The summed E-state index contributed by atoms with van der Waals surface area (Å²) in [6.45, 7) is 17.5. The molecule has 0 radical (unpaired) electrons. The molecule has 0 amide bonds. The number of hydrogen-bond donors (Lipinski definition) is 0. The Balaban J connectivity index is 2.01. The zero-order valence-corrected chi connectivity index (χ0v) is 23.0. The molecule has 194 valence electrons. The number of rotatable bonds is 7. The maximum atomic E-state index is 13.8. The number of hydrogen-bond acceptors (Lipinski definition) is 5. The molecule has 0 spiro atoms. The molecule has 0 atom stereocenters. The van der Waals surface area contributed by atoms with Gasteiger partial charge in [0.15, 0.2) is 23.1 Å². The van der Waals surface area contributed by atoms with Gasteiger partial charge in [-0.25, -0.2) is 0 Å². The number of benzene rings is 1. The molecule has 0 saturated heterocycles. The van der Waals surface area contributed by atoms with E-state index in [4.69, 9.17) is 9.47 Å². The van der Waals surface area contributed by atoms with E-state index in [1.807, 2.05) is 33.0 Å². The Kier molecular flexibility index (Phi) is 6.98. The lowest BCUT2D eigenvalue weighted by atomic mass is 9.63. The molecule has 0 saturated carbocycles. The molecule has 0 unspecified atom stereocenters. The molecule has 4 rings (SSSR count). The van der Waals surface area contributed by atoms with Crippen molar-refractivity contribution < 1.29 is 19.1 Å². The van der Waals surface area contributed by atoms with Crippen molar-refractivity contribution >= 4 is 11.6 Å². The van der Waals surface area contributed by atoms with Crippen molar-refractivity contribution in [2.24, 2.45) is 10.8 Å². The first kappa shape index (κ1) is 26.2. The summed E-state index contributed by atoms with van der Waals surface area (Å²) in [4.78, 5) is 29.7. The van der Waals surface area contributed by atoms with Crippen molar-refractivity contribution in [1.82, 2.24) is 4.90 Å². The third-order valence-electron chi connectivity index (χ3n) is 7.62. The maximum Gasteiger partial charge on any atom is 0.164 e. The molecule has 1 aliphatic heterocycles. The van der Waals surface area contributed by atoms with Crippen LogP contribution in [0.4, 0.5) is 0 Å². The third kappa shape index (κ3) is 4.65. The molecular weight excluding hydrogens is 450 g/mol. The Bertz CT molecular complexity index is 1110. The Morgan fingerprint density at radius 3 is 1.92 bits per heavy atom. The van der Waals surface area contributed by atoms with Crippen LogP contribution in [0.3, 0.4) is 0 Å². The van der Waals surface area contributed by atoms with E-state index in [2.05, 4.69) is 45.2 Å². The maximum absolute atomic E-state index is 13.8. The van der Waals surface area contributed by atoms with Crippen LogP contribution in [-0.4, -0.2) is 36.7 Å². The van der Waals surface area contributed by atoms with Gasteiger partial charge >= 0.3 is 0 Å². The van der Waals surface area contributed by atoms with E-state index in [-0.39, 0.29) is 22.4 Å². The van der Waals surface area contributed by atoms with Crippen LogP contribution in [-0.2, 0) is 16.0 Å². The zero-order chi connectivity index (χ0) is 26.4. The van der Waals surface area contributed by atoms with Crippen LogP contribution in [0, 0.1) is 10.8 Å². The minimum absolute atomic E-state index is 0.121. The molecule has 3 aliphatic rings. The van der Waals surface area contributed by atoms with Gasteiger partial charge in [0.25, 0.3) is 0 Å². The number of ether oxygens (including phenoxy) is 2. The first-order valence-electron chi connectivity index (χ1n) is 13.2. The van der Waals surface area contributed by atoms with E-state index in [1.165, 1.54) is 0 Å². The van der Waals surface area contributed by atoms with E-state index in [9.17, 15) is 9.59 Å². The Morgan fingerprint density at radius 1 is 0.917 bits per heavy atom. The van der Waals surface area contributed by atoms with Gasteiger partial charge in [0.2, 0.25) is 0 Å². The van der Waals surface area contributed by atoms with Crippen LogP contribution in [0.2, 0.25) is 0 Å². The predicted octanol–water partition coefficient (Wildman–Crippen LogP) is 6.53. The number of carbonyl (C=O) groups is 2. The fourth-order valence-electron chi connectivity index (χ4n) is 6.23. The second kappa shape index (κ2) is 9.57. The number of ketones is 2. The molecule has 0 aromatic heterocycles. The van der Waals surface area contributed by atoms with Gasteiger partial charge in [-0.05, 0) is 55.6 Å². The molecule has 5 heteroatoms. The van der Waals surface area contributed by atoms with E-state index in [0.29, 0.717) is 44.0 Å². The van der Waals surface area contributed by atoms with E-state index < -0.39 is 5.92 Å². The van der Waals surface area contributed by atoms with Crippen LogP contribution < -0.4 is 9.47 Å². The van der Waals surface area contributed by atoms with Crippen LogP contribution in [0.1, 0.15) is 84.3 Å². The standard InChI is InChI=1S/C31H41NO4/c1-9-12-19-13-20(14-25(35-10-2)29(19)36-11-3)26-27-21(15-30(4,5)17-23(27)33)32(8)22-16-31(6,7)18-24(34)28(22)26/h9,13-14,26H,1,10-12,15-18H2,2-8H3. The van der Waals surface area contributed by atoms with Gasteiger partial charge in [-0.3, -0.25) is 9.59 Å². The molecule has 1 aromatic rings. The lowest BCUT2D eigenvalue weighted by molar-refractivity contribution is -0.119. The second-order valence-corrected chi connectivity index (χ2v) is 12.0. The lowest BCUT2D eigenvalue weighted by Gasteiger charge is -2.48. The molecule has 5 nitrogen and oxygen atoms in total. The van der Waals surface area contributed by atoms with Crippen LogP contribution in [0.5, 0.6) is 11.5 Å². The summed E-state index contributed by atoms with van der Waals surface area (Å²) >= 11 is 0. The van der Waals surface area contributed by atoms with Gasteiger partial charge in [-0.15, -0.1) is 6.58 Å². The molecule has 0 fully saturated rings. The number of nitrogens with zero attached hydrogens (tertiary/aromatic N) is 1. The third-order valence-corrected chi connectivity index (χ3v) is 7.62. The normalized spacial score (nSPS) is 21.4. The Labute approximate surface area is 216 Å². The lowest BCUT2D eigenvalue weighted by Crippen LogP contribution is -2.43. The Morgan fingerprint density at radius 2 is 1.44 bits per heavy atom. The van der Waals surface area contributed by atoms with Crippen molar-refractivity contribution in [3.8, 4) is 11.5 Å². The average molecular weight is 492 g/mol. The van der Waals surface area contributed by atoms with Gasteiger partial charge in [-0.1, -0.05) is 39.8 Å². The zero-order valence-electron chi connectivity index (χ0n) is 23.0. The van der Waals surface area contributed by atoms with Crippen molar-refractivity contribution in [1.29, 1.82) is 0 Å². The van der Waals surface area contributed by atoms with Gasteiger partial charge < -0.3 is 14.4 Å². The number of carbonyl (C=O) groups excluding carboxylic acids is 2. The van der Waals surface area contributed by atoms with Crippen LogP contribution in [0.15, 0.2) is 47.3 Å². The minimum Gasteiger partial charge on any atom is -0.490 e. The highest BCUT2D eigenvalue weighted by Gasteiger charge is 2.48. The van der Waals surface area contributed by atoms with Crippen molar-refractivity contribution in [3.05, 3.63) is 58.5 Å². The summed E-state index contributed by atoms with van der Waals surface area (Å²) in [5, 5.41) is 0. The fourth-order valence-corrected chi connectivity index (χ4v) is 6.23. The van der Waals surface area contributed by atoms with Gasteiger partial charge in [0, 0.05) is 53.9 Å². The van der Waals surface area contributed by atoms with Gasteiger partial charge in [-0.2, -0.15) is 0 Å². The highest BCUT2D eigenvalue weighted by Crippen LogP contribution is 2.54. The molecule has 0 bridgehead atoms. The monoisotopic (exact) mass is 491 g/mol. The van der Waals surface area contributed by atoms with Crippen molar-refractivity contribution in [2.75, 3.05) is 20.3 Å². The minimum atomic E-state index is -0.392. The smallest absolute Gasteiger partial charge is 0.164 e. The Hall–Kier alpha value is -2.82. The van der Waals surface area contributed by atoms with Gasteiger partial charge in [0.05, 0.1) is 13.2 Å². The first-order valence-corrected chi connectivity index (χ1v) is 13.2. The summed E-state index contributed by atoms with van der Waals surface area (Å²) in [5.74, 6) is 1.26. The van der Waals surface area contributed by atoms with Crippen LogP contribution >= 0.6 is 0 Å². The SMILES string of the molecule is C=CCc1cc(C2C3=C(CC(C)(C)CC3=O)N(C)C3=C2C(=O)CC(C)(C)C3)cc(OCC)c1OCC. The molecule has 1 heterocycles. The van der Waals surface area contributed by atoms with Crippen molar-refractivity contribution in [3.63, 3.8) is 0 Å².